The van der Waals surface area contributed by atoms with Gasteiger partial charge in [0.25, 0.3) is 0 Å². The second-order valence-electron chi connectivity index (χ2n) is 9.56. The van der Waals surface area contributed by atoms with Crippen molar-refractivity contribution < 1.29 is 24.2 Å². The zero-order chi connectivity index (χ0) is 24.2. The first-order chi connectivity index (χ1) is 16.3. The summed E-state index contributed by atoms with van der Waals surface area (Å²) in [5.74, 6) is -1.00. The molecule has 0 unspecified atom stereocenters. The molecule has 2 aliphatic rings. The van der Waals surface area contributed by atoms with Gasteiger partial charge in [0, 0.05) is 25.4 Å². The van der Waals surface area contributed by atoms with Crippen molar-refractivity contribution in [3.05, 3.63) is 59.7 Å². The van der Waals surface area contributed by atoms with Crippen molar-refractivity contribution in [3.63, 3.8) is 0 Å². The third-order valence-electron chi connectivity index (χ3n) is 6.94. The van der Waals surface area contributed by atoms with E-state index >= 15 is 0 Å². The molecule has 1 aliphatic heterocycles. The van der Waals surface area contributed by atoms with E-state index in [-0.39, 0.29) is 36.7 Å². The Balaban J connectivity index is 1.36. The summed E-state index contributed by atoms with van der Waals surface area (Å²) >= 11 is 0. The number of carbonyl (C=O) groups excluding carboxylic acids is 2. The number of amides is 2. The Hall–Kier alpha value is -3.35. The first-order valence-corrected chi connectivity index (χ1v) is 12.0. The number of piperidine rings is 1. The van der Waals surface area contributed by atoms with Crippen LogP contribution in [0.25, 0.3) is 11.1 Å². The molecule has 1 fully saturated rings. The van der Waals surface area contributed by atoms with Crippen molar-refractivity contribution in [1.82, 2.24) is 10.2 Å². The maximum atomic E-state index is 13.1. The predicted octanol–water partition coefficient (Wildman–Crippen LogP) is 4.26. The number of benzene rings is 2. The Morgan fingerprint density at radius 3 is 2.09 bits per heavy atom. The molecule has 0 radical (unpaired) electrons. The number of carboxylic acids is 1. The van der Waals surface area contributed by atoms with E-state index in [4.69, 9.17) is 9.84 Å². The number of ether oxygens (including phenoxy) is 1. The summed E-state index contributed by atoms with van der Waals surface area (Å²) < 4.78 is 5.63. The van der Waals surface area contributed by atoms with Crippen molar-refractivity contribution in [2.75, 3.05) is 19.7 Å². The number of likely N-dealkylation sites (tertiary alicyclic amines) is 1. The molecule has 2 aromatic rings. The standard InChI is InChI=1S/C27H32N2O5/c1-17(2)25(26(32)29-13-11-18(12-14-29)15-24(30)31)28-27(33)34-16-23-21-9-5-3-7-19(21)20-8-4-6-10-22(20)23/h3-10,17-18,23,25H,11-16H2,1-2H3,(H,28,33)(H,30,31)/t25-/m1/s1. The Labute approximate surface area is 200 Å². The van der Waals surface area contributed by atoms with E-state index in [1.807, 2.05) is 38.1 Å². The van der Waals surface area contributed by atoms with Gasteiger partial charge in [-0.05, 0) is 46.9 Å². The molecule has 180 valence electrons. The van der Waals surface area contributed by atoms with Gasteiger partial charge >= 0.3 is 12.1 Å². The Morgan fingerprint density at radius 2 is 1.56 bits per heavy atom. The minimum Gasteiger partial charge on any atom is -0.481 e. The maximum Gasteiger partial charge on any atom is 0.407 e. The minimum absolute atomic E-state index is 0.0420. The largest absolute Gasteiger partial charge is 0.481 e. The van der Waals surface area contributed by atoms with Crippen LogP contribution in [0, 0.1) is 11.8 Å². The number of aliphatic carboxylic acids is 1. The topological polar surface area (TPSA) is 95.9 Å². The third-order valence-corrected chi connectivity index (χ3v) is 6.94. The molecule has 7 heteroatoms. The van der Waals surface area contributed by atoms with Gasteiger partial charge < -0.3 is 20.1 Å². The molecule has 2 aromatic carbocycles. The van der Waals surface area contributed by atoms with E-state index in [0.717, 1.165) is 22.3 Å². The molecule has 34 heavy (non-hydrogen) atoms. The number of alkyl carbamates (subject to hydrolysis) is 1. The smallest absolute Gasteiger partial charge is 0.407 e. The highest BCUT2D eigenvalue weighted by Crippen LogP contribution is 2.44. The molecule has 0 saturated carbocycles. The normalized spacial score (nSPS) is 16.6. The number of carbonyl (C=O) groups is 3. The van der Waals surface area contributed by atoms with E-state index in [0.29, 0.717) is 25.9 Å². The van der Waals surface area contributed by atoms with Crippen molar-refractivity contribution >= 4 is 18.0 Å². The van der Waals surface area contributed by atoms with Gasteiger partial charge in [0.05, 0.1) is 0 Å². The number of rotatable bonds is 7. The molecule has 1 atom stereocenters. The molecule has 1 aliphatic carbocycles. The van der Waals surface area contributed by atoms with Crippen molar-refractivity contribution in [1.29, 1.82) is 0 Å². The molecule has 7 nitrogen and oxygen atoms in total. The summed E-state index contributed by atoms with van der Waals surface area (Å²) in [5.41, 5.74) is 4.59. The lowest BCUT2D eigenvalue weighted by Crippen LogP contribution is -2.53. The maximum absolute atomic E-state index is 13.1. The van der Waals surface area contributed by atoms with Gasteiger partial charge in [-0.1, -0.05) is 62.4 Å². The molecule has 1 heterocycles. The fourth-order valence-corrected chi connectivity index (χ4v) is 5.08. The molecule has 0 bridgehead atoms. The van der Waals surface area contributed by atoms with Crippen LogP contribution in [0.5, 0.6) is 0 Å². The molecule has 4 rings (SSSR count). The van der Waals surface area contributed by atoms with E-state index in [2.05, 4.69) is 29.6 Å². The van der Waals surface area contributed by atoms with Crippen LogP contribution in [0.15, 0.2) is 48.5 Å². The van der Waals surface area contributed by atoms with E-state index in [9.17, 15) is 14.4 Å². The van der Waals surface area contributed by atoms with Crippen LogP contribution in [0.3, 0.4) is 0 Å². The Kier molecular flexibility index (Phi) is 7.20. The number of fused-ring (bicyclic) bond motifs is 3. The number of hydrogen-bond donors (Lipinski definition) is 2. The molecule has 2 amide bonds. The summed E-state index contributed by atoms with van der Waals surface area (Å²) in [6, 6.07) is 15.6. The lowest BCUT2D eigenvalue weighted by Gasteiger charge is -2.35. The highest BCUT2D eigenvalue weighted by Gasteiger charge is 2.33. The van der Waals surface area contributed by atoms with Crippen molar-refractivity contribution in [2.24, 2.45) is 11.8 Å². The zero-order valence-electron chi connectivity index (χ0n) is 19.7. The lowest BCUT2D eigenvalue weighted by molar-refractivity contribution is -0.139. The molecular formula is C27H32N2O5. The van der Waals surface area contributed by atoms with E-state index < -0.39 is 18.1 Å². The first kappa shape index (κ1) is 23.8. The number of nitrogens with zero attached hydrogens (tertiary/aromatic N) is 1. The molecule has 2 N–H and O–H groups in total. The molecule has 0 spiro atoms. The van der Waals surface area contributed by atoms with Gasteiger partial charge in [-0.25, -0.2) is 4.79 Å². The van der Waals surface area contributed by atoms with Crippen LogP contribution in [-0.2, 0) is 14.3 Å². The van der Waals surface area contributed by atoms with Gasteiger partial charge in [-0.2, -0.15) is 0 Å². The first-order valence-electron chi connectivity index (χ1n) is 12.0. The predicted molar refractivity (Wildman–Crippen MR) is 128 cm³/mol. The quantitative estimate of drug-likeness (QED) is 0.638. The fourth-order valence-electron chi connectivity index (χ4n) is 5.08. The van der Waals surface area contributed by atoms with Gasteiger partial charge in [-0.15, -0.1) is 0 Å². The van der Waals surface area contributed by atoms with Crippen LogP contribution in [0.1, 0.15) is 50.2 Å². The third kappa shape index (κ3) is 5.08. The van der Waals surface area contributed by atoms with Gasteiger partial charge in [0.1, 0.15) is 12.6 Å². The highest BCUT2D eigenvalue weighted by atomic mass is 16.5. The van der Waals surface area contributed by atoms with Crippen LogP contribution < -0.4 is 5.32 Å². The summed E-state index contributed by atoms with van der Waals surface area (Å²) in [5, 5.41) is 11.8. The number of nitrogens with one attached hydrogen (secondary N) is 1. The zero-order valence-corrected chi connectivity index (χ0v) is 19.7. The Bertz CT molecular complexity index is 1010. The van der Waals surface area contributed by atoms with Crippen LogP contribution in [0.4, 0.5) is 4.79 Å². The summed E-state index contributed by atoms with van der Waals surface area (Å²) in [6.45, 7) is 4.99. The molecular weight excluding hydrogens is 432 g/mol. The van der Waals surface area contributed by atoms with Crippen LogP contribution >= 0.6 is 0 Å². The average Bonchev–Trinajstić information content (AvgIpc) is 3.14. The van der Waals surface area contributed by atoms with Gasteiger partial charge in [-0.3, -0.25) is 9.59 Å². The monoisotopic (exact) mass is 464 g/mol. The van der Waals surface area contributed by atoms with Crippen molar-refractivity contribution in [3.8, 4) is 11.1 Å². The molecule has 0 aromatic heterocycles. The lowest BCUT2D eigenvalue weighted by atomic mass is 9.92. The van der Waals surface area contributed by atoms with Crippen molar-refractivity contribution in [2.45, 2.75) is 45.1 Å². The second-order valence-corrected chi connectivity index (χ2v) is 9.56. The highest BCUT2D eigenvalue weighted by molar-refractivity contribution is 5.86. The summed E-state index contributed by atoms with van der Waals surface area (Å²) in [7, 11) is 0. The minimum atomic E-state index is -0.804. The second kappa shape index (κ2) is 10.3. The molecule has 1 saturated heterocycles. The summed E-state index contributed by atoms with van der Waals surface area (Å²) in [6.07, 6.45) is 0.851. The van der Waals surface area contributed by atoms with Gasteiger partial charge in [0.15, 0.2) is 0 Å². The van der Waals surface area contributed by atoms with E-state index in [1.54, 1.807) is 4.90 Å². The Morgan fingerprint density at radius 1 is 1.00 bits per heavy atom. The average molecular weight is 465 g/mol. The SMILES string of the molecule is CC(C)[C@@H](NC(=O)OCC1c2ccccc2-c2ccccc21)C(=O)N1CCC(CC(=O)O)CC1. The number of carboxylic acid groups (broad SMARTS) is 1. The fraction of sp³-hybridized carbons (Fsp3) is 0.444. The number of hydrogen-bond acceptors (Lipinski definition) is 4. The summed E-state index contributed by atoms with van der Waals surface area (Å²) in [4.78, 5) is 38.5. The van der Waals surface area contributed by atoms with E-state index in [1.165, 1.54) is 0 Å². The van der Waals surface area contributed by atoms with Gasteiger partial charge in [0.2, 0.25) is 5.91 Å². The van der Waals surface area contributed by atoms with Crippen LogP contribution in [-0.4, -0.2) is 53.7 Å². The van der Waals surface area contributed by atoms with Crippen LogP contribution in [0.2, 0.25) is 0 Å².